The van der Waals surface area contributed by atoms with E-state index in [0.29, 0.717) is 19.8 Å². The number of morpholine rings is 1. The highest BCUT2D eigenvalue weighted by atomic mass is 16.5. The van der Waals surface area contributed by atoms with Gasteiger partial charge in [0.15, 0.2) is 5.82 Å². The van der Waals surface area contributed by atoms with E-state index in [1.54, 1.807) is 0 Å². The Morgan fingerprint density at radius 3 is 2.84 bits per heavy atom. The lowest BCUT2D eigenvalue weighted by molar-refractivity contribution is 0.0306. The Balaban J connectivity index is 1.50. The van der Waals surface area contributed by atoms with Gasteiger partial charge in [0.2, 0.25) is 0 Å². The van der Waals surface area contributed by atoms with Gasteiger partial charge in [-0.3, -0.25) is 0 Å². The van der Waals surface area contributed by atoms with E-state index in [4.69, 9.17) is 19.4 Å². The molecule has 0 aliphatic carbocycles. The number of ether oxygens (including phenoxy) is 2. The van der Waals surface area contributed by atoms with Crippen LogP contribution in [0.3, 0.4) is 0 Å². The Hall–Kier alpha value is -2.71. The first-order valence-electron chi connectivity index (χ1n) is 11.2. The summed E-state index contributed by atoms with van der Waals surface area (Å²) >= 11 is 0. The van der Waals surface area contributed by atoms with Crippen LogP contribution in [0.2, 0.25) is 0 Å². The lowest BCUT2D eigenvalue weighted by Gasteiger charge is -2.37. The van der Waals surface area contributed by atoms with Gasteiger partial charge in [-0.2, -0.15) is 0 Å². The van der Waals surface area contributed by atoms with Crippen LogP contribution < -0.4 is 15.5 Å². The first kappa shape index (κ1) is 20.2. The van der Waals surface area contributed by atoms with E-state index in [0.717, 1.165) is 54.4 Å². The molecule has 2 bridgehead atoms. The second-order valence-corrected chi connectivity index (χ2v) is 8.44. The average molecular weight is 424 g/mol. The van der Waals surface area contributed by atoms with Crippen LogP contribution in [0.4, 0.5) is 16.3 Å². The molecule has 3 aliphatic rings. The smallest absolute Gasteiger partial charge is 0.319 e. The summed E-state index contributed by atoms with van der Waals surface area (Å²) < 4.78 is 11.9. The molecule has 0 unspecified atom stereocenters. The minimum Gasteiger partial charge on any atom is -0.377 e. The summed E-state index contributed by atoms with van der Waals surface area (Å²) in [4.78, 5) is 24.1. The summed E-state index contributed by atoms with van der Waals surface area (Å²) in [5, 5.41) is 5.56. The van der Waals surface area contributed by atoms with Crippen LogP contribution in [-0.4, -0.2) is 54.4 Å². The van der Waals surface area contributed by atoms with Crippen molar-refractivity contribution in [2.24, 2.45) is 0 Å². The standard InChI is InChI=1S/C23H29N5O3/c1-3-24-23(29)25-16-6-4-15(5-7-16)21-26-18-12-17-8-9-19(31-17)20(18)22(27-21)28-10-11-30-13-14(28)2/h4-7,14,17,19H,3,8-13H2,1-2H3,(H2,24,25,29)/t14-,17-,19+/m0/s1. The predicted molar refractivity (Wildman–Crippen MR) is 118 cm³/mol. The number of nitrogens with zero attached hydrogens (tertiary/aromatic N) is 3. The third-order valence-corrected chi connectivity index (χ3v) is 6.23. The maximum atomic E-state index is 11.8. The Morgan fingerprint density at radius 1 is 1.23 bits per heavy atom. The molecule has 3 aliphatic heterocycles. The number of hydrogen-bond donors (Lipinski definition) is 2. The summed E-state index contributed by atoms with van der Waals surface area (Å²) in [5.74, 6) is 1.71. The van der Waals surface area contributed by atoms with Crippen LogP contribution >= 0.6 is 0 Å². The molecule has 0 spiro atoms. The lowest BCUT2D eigenvalue weighted by atomic mass is 10.0. The fourth-order valence-corrected chi connectivity index (χ4v) is 4.70. The zero-order valence-electron chi connectivity index (χ0n) is 18.1. The number of aromatic nitrogens is 2. The van der Waals surface area contributed by atoms with E-state index >= 15 is 0 Å². The molecular formula is C23H29N5O3. The molecule has 4 heterocycles. The molecule has 2 amide bonds. The first-order chi connectivity index (χ1) is 15.1. The Kier molecular flexibility index (Phi) is 5.50. The van der Waals surface area contributed by atoms with E-state index in [9.17, 15) is 4.79 Å². The van der Waals surface area contributed by atoms with Gasteiger partial charge in [-0.25, -0.2) is 14.8 Å². The van der Waals surface area contributed by atoms with Gasteiger partial charge in [-0.15, -0.1) is 0 Å². The van der Waals surface area contributed by atoms with Gasteiger partial charge in [0.1, 0.15) is 5.82 Å². The molecule has 2 aromatic rings. The molecule has 2 N–H and O–H groups in total. The van der Waals surface area contributed by atoms with Crippen molar-refractivity contribution < 1.29 is 14.3 Å². The average Bonchev–Trinajstić information content (AvgIpc) is 3.15. The fourth-order valence-electron chi connectivity index (χ4n) is 4.70. The van der Waals surface area contributed by atoms with Crippen LogP contribution in [0.15, 0.2) is 24.3 Å². The largest absolute Gasteiger partial charge is 0.377 e. The van der Waals surface area contributed by atoms with E-state index in [-0.39, 0.29) is 24.3 Å². The number of nitrogens with one attached hydrogen (secondary N) is 2. The van der Waals surface area contributed by atoms with E-state index in [1.807, 2.05) is 31.2 Å². The van der Waals surface area contributed by atoms with Crippen LogP contribution in [0.1, 0.15) is 44.1 Å². The zero-order chi connectivity index (χ0) is 21.4. The molecule has 1 aromatic carbocycles. The van der Waals surface area contributed by atoms with Crippen molar-refractivity contribution in [1.82, 2.24) is 15.3 Å². The molecule has 31 heavy (non-hydrogen) atoms. The van der Waals surface area contributed by atoms with Gasteiger partial charge in [0.05, 0.1) is 37.2 Å². The van der Waals surface area contributed by atoms with Gasteiger partial charge < -0.3 is 25.0 Å². The van der Waals surface area contributed by atoms with Gasteiger partial charge in [-0.05, 0) is 51.0 Å². The molecule has 2 fully saturated rings. The number of amides is 2. The third kappa shape index (κ3) is 3.97. The number of carbonyl (C=O) groups is 1. The lowest BCUT2D eigenvalue weighted by Crippen LogP contribution is -2.45. The Morgan fingerprint density at radius 2 is 2.06 bits per heavy atom. The zero-order valence-corrected chi connectivity index (χ0v) is 18.1. The monoisotopic (exact) mass is 423 g/mol. The summed E-state index contributed by atoms with van der Waals surface area (Å²) in [6.45, 7) is 6.86. The molecule has 8 heteroatoms. The molecule has 0 radical (unpaired) electrons. The first-order valence-corrected chi connectivity index (χ1v) is 11.2. The molecule has 1 aromatic heterocycles. The minimum absolute atomic E-state index is 0.0940. The quantitative estimate of drug-likeness (QED) is 0.785. The topological polar surface area (TPSA) is 88.6 Å². The number of urea groups is 1. The number of hydrogen-bond acceptors (Lipinski definition) is 6. The summed E-state index contributed by atoms with van der Waals surface area (Å²) in [5.41, 5.74) is 3.95. The Bertz CT molecular complexity index is 964. The van der Waals surface area contributed by atoms with E-state index in [2.05, 4.69) is 22.5 Å². The van der Waals surface area contributed by atoms with Gasteiger partial charge in [0, 0.05) is 36.3 Å². The fraction of sp³-hybridized carbons (Fsp3) is 0.522. The summed E-state index contributed by atoms with van der Waals surface area (Å²) in [6, 6.07) is 7.74. The normalized spacial score (nSPS) is 24.6. The third-order valence-electron chi connectivity index (χ3n) is 6.23. The summed E-state index contributed by atoms with van der Waals surface area (Å²) in [6.07, 6.45) is 3.31. The van der Waals surface area contributed by atoms with Crippen LogP contribution in [0.5, 0.6) is 0 Å². The number of carbonyl (C=O) groups excluding carboxylic acids is 1. The van der Waals surface area contributed by atoms with Gasteiger partial charge in [-0.1, -0.05) is 0 Å². The SMILES string of the molecule is CCNC(=O)Nc1ccc(-c2nc3c(c(N4CCOC[C@@H]4C)n2)[C@H]2CC[C@@H](C3)O2)cc1. The number of fused-ring (bicyclic) bond motifs is 4. The van der Waals surface area contributed by atoms with Crippen LogP contribution in [0.25, 0.3) is 11.4 Å². The number of rotatable bonds is 4. The maximum Gasteiger partial charge on any atom is 0.319 e. The Labute approximate surface area is 182 Å². The van der Waals surface area contributed by atoms with Gasteiger partial charge >= 0.3 is 6.03 Å². The van der Waals surface area contributed by atoms with E-state index < -0.39 is 0 Å². The van der Waals surface area contributed by atoms with Crippen molar-refractivity contribution in [3.8, 4) is 11.4 Å². The number of anilines is 2. The van der Waals surface area contributed by atoms with Crippen molar-refractivity contribution >= 4 is 17.5 Å². The van der Waals surface area contributed by atoms with Crippen molar-refractivity contribution in [2.75, 3.05) is 36.5 Å². The molecule has 164 valence electrons. The molecule has 8 nitrogen and oxygen atoms in total. The van der Waals surface area contributed by atoms with Crippen LogP contribution in [0, 0.1) is 0 Å². The van der Waals surface area contributed by atoms with E-state index in [1.165, 1.54) is 5.56 Å². The minimum atomic E-state index is -0.209. The summed E-state index contributed by atoms with van der Waals surface area (Å²) in [7, 11) is 0. The second-order valence-electron chi connectivity index (χ2n) is 8.44. The van der Waals surface area contributed by atoms with Gasteiger partial charge in [0.25, 0.3) is 0 Å². The molecule has 3 atom stereocenters. The highest BCUT2D eigenvalue weighted by Gasteiger charge is 2.39. The number of benzene rings is 1. The van der Waals surface area contributed by atoms with Crippen molar-refractivity contribution in [1.29, 1.82) is 0 Å². The molecular weight excluding hydrogens is 394 g/mol. The predicted octanol–water partition coefficient (Wildman–Crippen LogP) is 3.29. The van der Waals surface area contributed by atoms with Crippen LogP contribution in [-0.2, 0) is 15.9 Å². The molecule has 2 saturated heterocycles. The second kappa shape index (κ2) is 8.43. The van der Waals surface area contributed by atoms with Crippen molar-refractivity contribution in [2.45, 2.75) is 51.4 Å². The van der Waals surface area contributed by atoms with Crippen molar-refractivity contribution in [3.63, 3.8) is 0 Å². The molecule has 5 rings (SSSR count). The maximum absolute atomic E-state index is 11.8. The highest BCUT2D eigenvalue weighted by molar-refractivity contribution is 5.89. The highest BCUT2D eigenvalue weighted by Crippen LogP contribution is 2.45. The van der Waals surface area contributed by atoms with Crippen molar-refractivity contribution in [3.05, 3.63) is 35.5 Å². The molecule has 0 saturated carbocycles.